The SMILES string of the molecule is C=C1NC=Cc2nc(-c3ccc(CN4CCC(c5nc(-c6cc#ccn6)n(C)n5)CC4)cc3)c(-c3ccccc3)cc21. The van der Waals surface area contributed by atoms with Crippen LogP contribution in [0.1, 0.15) is 41.4 Å². The third kappa shape index (κ3) is 5.09. The van der Waals surface area contributed by atoms with Crippen LogP contribution in [0.5, 0.6) is 0 Å². The van der Waals surface area contributed by atoms with Gasteiger partial charge in [-0.25, -0.2) is 19.6 Å². The summed E-state index contributed by atoms with van der Waals surface area (Å²) < 4.78 is 1.82. The molecule has 0 spiro atoms. The first-order valence-electron chi connectivity index (χ1n) is 14.3. The van der Waals surface area contributed by atoms with Crippen LogP contribution >= 0.6 is 0 Å². The first-order chi connectivity index (χ1) is 20.6. The molecule has 7 rings (SSSR count). The maximum atomic E-state index is 5.10. The number of aryl methyl sites for hydroxylation is 1. The van der Waals surface area contributed by atoms with Crippen molar-refractivity contribution in [1.29, 1.82) is 0 Å². The first kappa shape index (κ1) is 25.9. The van der Waals surface area contributed by atoms with Crippen LogP contribution in [0.4, 0.5) is 0 Å². The molecule has 7 nitrogen and oxygen atoms in total. The van der Waals surface area contributed by atoms with E-state index < -0.39 is 0 Å². The molecule has 2 aliphatic heterocycles. The molecule has 1 N–H and O–H groups in total. The maximum absolute atomic E-state index is 5.10. The largest absolute Gasteiger partial charge is 0.362 e. The van der Waals surface area contributed by atoms with Crippen LogP contribution in [-0.4, -0.2) is 42.7 Å². The van der Waals surface area contributed by atoms with Gasteiger partial charge >= 0.3 is 0 Å². The fourth-order valence-corrected chi connectivity index (χ4v) is 5.84. The Labute approximate surface area is 246 Å². The minimum absolute atomic E-state index is 0.356. The van der Waals surface area contributed by atoms with Crippen molar-refractivity contribution in [3.05, 3.63) is 120 Å². The molecular formula is C35H31N7. The number of nitrogens with zero attached hydrogens (tertiary/aromatic N) is 6. The quantitative estimate of drug-likeness (QED) is 0.275. The van der Waals surface area contributed by atoms with Gasteiger partial charge in [0.1, 0.15) is 5.69 Å². The Morgan fingerprint density at radius 2 is 1.76 bits per heavy atom. The summed E-state index contributed by atoms with van der Waals surface area (Å²) in [6, 6.07) is 29.1. The van der Waals surface area contributed by atoms with Crippen LogP contribution in [0.3, 0.4) is 0 Å². The van der Waals surface area contributed by atoms with E-state index in [-0.39, 0.29) is 0 Å². The Kier molecular flexibility index (Phi) is 6.82. The van der Waals surface area contributed by atoms with Crippen LogP contribution in [0.15, 0.2) is 85.7 Å². The van der Waals surface area contributed by atoms with Crippen LogP contribution in [0, 0.1) is 12.1 Å². The van der Waals surface area contributed by atoms with E-state index >= 15 is 0 Å². The predicted molar refractivity (Wildman–Crippen MR) is 165 cm³/mol. The molecule has 0 saturated carbocycles. The highest BCUT2D eigenvalue weighted by molar-refractivity contribution is 5.87. The van der Waals surface area contributed by atoms with E-state index in [0.717, 1.165) is 89.2 Å². The van der Waals surface area contributed by atoms with Crippen LogP contribution < -0.4 is 5.32 Å². The van der Waals surface area contributed by atoms with Gasteiger partial charge in [-0.05, 0) is 55.3 Å². The Morgan fingerprint density at radius 3 is 2.52 bits per heavy atom. The zero-order valence-corrected chi connectivity index (χ0v) is 23.6. The summed E-state index contributed by atoms with van der Waals surface area (Å²) in [5, 5.41) is 7.93. The van der Waals surface area contributed by atoms with E-state index in [0.29, 0.717) is 5.92 Å². The van der Waals surface area contributed by atoms with E-state index in [1.807, 2.05) is 30.1 Å². The number of benzene rings is 2. The van der Waals surface area contributed by atoms with E-state index in [9.17, 15) is 0 Å². The van der Waals surface area contributed by atoms with Gasteiger partial charge < -0.3 is 5.32 Å². The molecule has 1 saturated heterocycles. The van der Waals surface area contributed by atoms with Crippen molar-refractivity contribution in [2.24, 2.45) is 7.05 Å². The number of pyridine rings is 1. The third-order valence-corrected chi connectivity index (χ3v) is 8.12. The number of hydrogen-bond donors (Lipinski definition) is 1. The summed E-state index contributed by atoms with van der Waals surface area (Å²) in [6.07, 6.45) is 7.61. The maximum Gasteiger partial charge on any atom is 0.177 e. The van der Waals surface area contributed by atoms with Gasteiger partial charge in [0.2, 0.25) is 0 Å². The second-order valence-corrected chi connectivity index (χ2v) is 10.9. The normalized spacial score (nSPS) is 15.2. The average molecular weight is 550 g/mol. The van der Waals surface area contributed by atoms with Gasteiger partial charge in [-0.15, -0.1) is 0 Å². The molecule has 5 heterocycles. The van der Waals surface area contributed by atoms with E-state index in [1.165, 1.54) is 5.56 Å². The number of fused-ring (bicyclic) bond motifs is 1. The van der Waals surface area contributed by atoms with Gasteiger partial charge in [0.05, 0.1) is 17.6 Å². The molecule has 3 aromatic heterocycles. The molecule has 5 aromatic rings. The molecule has 0 radical (unpaired) electrons. The van der Waals surface area contributed by atoms with Gasteiger partial charge in [-0.3, -0.25) is 4.90 Å². The number of likely N-dealkylation sites (tertiary alicyclic amines) is 1. The smallest absolute Gasteiger partial charge is 0.177 e. The van der Waals surface area contributed by atoms with Crippen molar-refractivity contribution in [2.45, 2.75) is 25.3 Å². The molecule has 206 valence electrons. The van der Waals surface area contributed by atoms with Crippen LogP contribution in [0.2, 0.25) is 0 Å². The van der Waals surface area contributed by atoms with Crippen molar-refractivity contribution >= 4 is 11.8 Å². The summed E-state index contributed by atoms with van der Waals surface area (Å²) in [4.78, 5) is 16.8. The Balaban J connectivity index is 1.06. The summed E-state index contributed by atoms with van der Waals surface area (Å²) in [5.41, 5.74) is 9.25. The minimum atomic E-state index is 0.356. The molecule has 2 aliphatic rings. The third-order valence-electron chi connectivity index (χ3n) is 8.12. The Hall–Kier alpha value is -5.06. The van der Waals surface area contributed by atoms with Crippen molar-refractivity contribution < 1.29 is 0 Å². The number of piperidine rings is 1. The van der Waals surface area contributed by atoms with Crippen molar-refractivity contribution in [1.82, 2.24) is 34.9 Å². The van der Waals surface area contributed by atoms with Crippen molar-refractivity contribution in [2.75, 3.05) is 13.1 Å². The zero-order chi connectivity index (χ0) is 28.5. The van der Waals surface area contributed by atoms with Gasteiger partial charge in [-0.2, -0.15) is 5.10 Å². The lowest BCUT2D eigenvalue weighted by Gasteiger charge is -2.30. The Bertz CT molecular complexity index is 1750. The molecule has 0 unspecified atom stereocenters. The molecule has 0 atom stereocenters. The lowest BCUT2D eigenvalue weighted by molar-refractivity contribution is 0.201. The fourth-order valence-electron chi connectivity index (χ4n) is 5.84. The molecular weight excluding hydrogens is 518 g/mol. The minimum Gasteiger partial charge on any atom is -0.362 e. The summed E-state index contributed by atoms with van der Waals surface area (Å²) >= 11 is 0. The standard InChI is InChI=1S/C35H31N7/c1-24-29-22-30(26-8-4-3-5-9-26)33(38-31(29)15-19-36-24)27-13-11-25(12-14-27)23-42-20-16-28(17-21-42)34-39-35(41(2)40-34)32-10-6-7-18-37-32/h3-5,8-15,18-19,22,28,36H,1,16-17,20-21,23H2,2H3. The summed E-state index contributed by atoms with van der Waals surface area (Å²) in [6.45, 7) is 7.13. The zero-order valence-electron chi connectivity index (χ0n) is 23.6. The highest BCUT2D eigenvalue weighted by Gasteiger charge is 2.25. The second kappa shape index (κ2) is 11.1. The van der Waals surface area contributed by atoms with Gasteiger partial charge in [0, 0.05) is 54.2 Å². The van der Waals surface area contributed by atoms with E-state index in [2.05, 4.69) is 88.5 Å². The lowest BCUT2D eigenvalue weighted by atomic mass is 9.94. The van der Waals surface area contributed by atoms with Gasteiger partial charge in [0.25, 0.3) is 0 Å². The predicted octanol–water partition coefficient (Wildman–Crippen LogP) is 6.13. The number of hydrogen-bond acceptors (Lipinski definition) is 6. The highest BCUT2D eigenvalue weighted by atomic mass is 15.3. The Morgan fingerprint density at radius 1 is 0.952 bits per heavy atom. The monoisotopic (exact) mass is 549 g/mol. The van der Waals surface area contributed by atoms with E-state index in [4.69, 9.17) is 15.1 Å². The van der Waals surface area contributed by atoms with Crippen LogP contribution in [0.25, 0.3) is 45.7 Å². The van der Waals surface area contributed by atoms with E-state index in [1.54, 1.807) is 12.3 Å². The van der Waals surface area contributed by atoms with Crippen molar-refractivity contribution in [3.63, 3.8) is 0 Å². The number of rotatable bonds is 6. The molecule has 1 fully saturated rings. The lowest BCUT2D eigenvalue weighted by Crippen LogP contribution is -2.32. The van der Waals surface area contributed by atoms with Crippen LogP contribution in [-0.2, 0) is 13.6 Å². The summed E-state index contributed by atoms with van der Waals surface area (Å²) in [5.74, 6) is 2.04. The molecule has 0 bridgehead atoms. The highest BCUT2D eigenvalue weighted by Crippen LogP contribution is 2.35. The number of nitrogens with one attached hydrogen (secondary N) is 1. The fraction of sp³-hybridized carbons (Fsp3) is 0.200. The molecule has 42 heavy (non-hydrogen) atoms. The summed E-state index contributed by atoms with van der Waals surface area (Å²) in [7, 11) is 1.93. The molecule has 0 amide bonds. The molecule has 2 aromatic carbocycles. The average Bonchev–Trinajstić information content (AvgIpc) is 3.44. The van der Waals surface area contributed by atoms with Gasteiger partial charge in [-0.1, -0.05) is 67.2 Å². The second-order valence-electron chi connectivity index (χ2n) is 10.9. The van der Waals surface area contributed by atoms with Gasteiger partial charge in [0.15, 0.2) is 11.6 Å². The first-order valence-corrected chi connectivity index (χ1v) is 14.3. The van der Waals surface area contributed by atoms with Crippen molar-refractivity contribution in [3.8, 4) is 33.9 Å². The topological polar surface area (TPSA) is 71.8 Å². The molecule has 0 aliphatic carbocycles. The number of aromatic nitrogens is 5. The molecule has 7 heteroatoms.